The zero-order valence-corrected chi connectivity index (χ0v) is 19.2. The molecule has 2 unspecified atom stereocenters. The van der Waals surface area contributed by atoms with Gasteiger partial charge in [0.05, 0.1) is 18.7 Å². The Balaban J connectivity index is 1.58. The summed E-state index contributed by atoms with van der Waals surface area (Å²) < 4.78 is 7.69. The highest BCUT2D eigenvalue weighted by molar-refractivity contribution is 6.02. The van der Waals surface area contributed by atoms with E-state index in [0.29, 0.717) is 30.3 Å². The minimum Gasteiger partial charge on any atom is -0.478 e. The first-order valence-corrected chi connectivity index (χ1v) is 11.7. The highest BCUT2D eigenvalue weighted by Crippen LogP contribution is 2.30. The van der Waals surface area contributed by atoms with Crippen LogP contribution in [0.15, 0.2) is 66.7 Å². The number of fused-ring (bicyclic) bond motifs is 1. The molecule has 0 fully saturated rings. The average molecular weight is 446 g/mol. The summed E-state index contributed by atoms with van der Waals surface area (Å²) in [5.41, 5.74) is 2.97. The van der Waals surface area contributed by atoms with Gasteiger partial charge in [-0.25, -0.2) is 0 Å². The van der Waals surface area contributed by atoms with Gasteiger partial charge in [-0.15, -0.1) is 0 Å². The predicted octanol–water partition coefficient (Wildman–Crippen LogP) is 5.03. The van der Waals surface area contributed by atoms with Crippen molar-refractivity contribution in [3.8, 4) is 5.88 Å². The topological polar surface area (TPSA) is 72.4 Å². The molecule has 0 spiro atoms. The summed E-state index contributed by atoms with van der Waals surface area (Å²) in [4.78, 5) is 26.5. The summed E-state index contributed by atoms with van der Waals surface area (Å²) in [5, 5.41) is 6.25. The van der Waals surface area contributed by atoms with Crippen LogP contribution >= 0.6 is 0 Å². The number of benzene rings is 2. The smallest absolute Gasteiger partial charge is 0.268 e. The fourth-order valence-electron chi connectivity index (χ4n) is 4.33. The molecule has 6 heteroatoms. The van der Waals surface area contributed by atoms with E-state index in [0.717, 1.165) is 30.4 Å². The van der Waals surface area contributed by atoms with Crippen molar-refractivity contribution in [2.45, 2.75) is 51.7 Å². The number of rotatable bonds is 8. The first kappa shape index (κ1) is 22.6. The molecule has 6 nitrogen and oxygen atoms in total. The summed E-state index contributed by atoms with van der Waals surface area (Å²) in [6.45, 7) is 5.26. The molecule has 2 N–H and O–H groups in total. The average Bonchev–Trinajstić information content (AvgIpc) is 3.26. The van der Waals surface area contributed by atoms with E-state index in [9.17, 15) is 9.59 Å². The number of amides is 2. The van der Waals surface area contributed by atoms with Crippen LogP contribution in [0.4, 0.5) is 0 Å². The Morgan fingerprint density at radius 1 is 0.879 bits per heavy atom. The van der Waals surface area contributed by atoms with Crippen LogP contribution in [0.5, 0.6) is 5.88 Å². The Hall–Kier alpha value is -3.54. The maximum atomic E-state index is 13.3. The second kappa shape index (κ2) is 10.4. The lowest BCUT2D eigenvalue weighted by Gasteiger charge is -2.22. The van der Waals surface area contributed by atoms with E-state index in [-0.39, 0.29) is 23.9 Å². The Kier molecular flexibility index (Phi) is 7.13. The molecule has 3 aromatic rings. The van der Waals surface area contributed by atoms with Crippen LogP contribution in [0, 0.1) is 0 Å². The van der Waals surface area contributed by atoms with Gasteiger partial charge < -0.3 is 19.9 Å². The maximum Gasteiger partial charge on any atom is 0.268 e. The summed E-state index contributed by atoms with van der Waals surface area (Å²) in [6, 6.07) is 21.3. The van der Waals surface area contributed by atoms with Gasteiger partial charge in [-0.05, 0) is 36.5 Å². The Morgan fingerprint density at radius 3 is 1.97 bits per heavy atom. The third-order valence-corrected chi connectivity index (χ3v) is 6.12. The van der Waals surface area contributed by atoms with Gasteiger partial charge in [-0.2, -0.15) is 0 Å². The molecule has 4 rings (SSSR count). The fourth-order valence-corrected chi connectivity index (χ4v) is 4.33. The molecule has 172 valence electrons. The third kappa shape index (κ3) is 4.95. The number of aromatic nitrogens is 1. The first-order chi connectivity index (χ1) is 16.1. The standard InChI is InChI=1S/C27H31N3O3/c1-3-22(19-12-7-5-8-13-19)28-25(31)21-18-24(30-16-11-17-33-27(21)30)26(32)29-23(4-2)20-14-9-6-10-15-20/h5-10,12-15,18,22-23H,3-4,11,16-17H2,1-2H3,(H,28,31)(H,29,32). The molecule has 0 radical (unpaired) electrons. The molecule has 33 heavy (non-hydrogen) atoms. The highest BCUT2D eigenvalue weighted by atomic mass is 16.5. The molecular formula is C27H31N3O3. The SMILES string of the molecule is CCC(NC(=O)c1cc(C(=O)NC(CC)c2ccccc2)n2c1OCCC2)c1ccccc1. The van der Waals surface area contributed by atoms with E-state index in [4.69, 9.17) is 4.74 Å². The summed E-state index contributed by atoms with van der Waals surface area (Å²) >= 11 is 0. The minimum absolute atomic E-state index is 0.103. The van der Waals surface area contributed by atoms with Crippen LogP contribution in [0.3, 0.4) is 0 Å². The van der Waals surface area contributed by atoms with Crippen LogP contribution < -0.4 is 15.4 Å². The highest BCUT2D eigenvalue weighted by Gasteiger charge is 2.29. The largest absolute Gasteiger partial charge is 0.478 e. The zero-order chi connectivity index (χ0) is 23.2. The van der Waals surface area contributed by atoms with Gasteiger partial charge in [0.15, 0.2) is 0 Å². The number of hydrogen-bond acceptors (Lipinski definition) is 3. The molecular weight excluding hydrogens is 414 g/mol. The lowest BCUT2D eigenvalue weighted by Crippen LogP contribution is -2.30. The van der Waals surface area contributed by atoms with Crippen LogP contribution in [0.25, 0.3) is 0 Å². The number of ether oxygens (including phenoxy) is 1. The summed E-state index contributed by atoms with van der Waals surface area (Å²) in [7, 11) is 0. The van der Waals surface area contributed by atoms with Crippen molar-refractivity contribution in [3.05, 3.63) is 89.1 Å². The van der Waals surface area contributed by atoms with Gasteiger partial charge >= 0.3 is 0 Å². The maximum absolute atomic E-state index is 13.3. The molecule has 1 aliphatic rings. The molecule has 0 bridgehead atoms. The molecule has 0 saturated carbocycles. The quantitative estimate of drug-likeness (QED) is 0.511. The summed E-state index contributed by atoms with van der Waals surface area (Å²) in [5.74, 6) is 0.0386. The van der Waals surface area contributed by atoms with E-state index in [1.165, 1.54) is 0 Å². The molecule has 2 amide bonds. The Bertz CT molecular complexity index is 1010. The second-order valence-corrected chi connectivity index (χ2v) is 8.29. The van der Waals surface area contributed by atoms with Gasteiger partial charge in [0.1, 0.15) is 11.3 Å². The van der Waals surface area contributed by atoms with Crippen LogP contribution in [0.2, 0.25) is 0 Å². The van der Waals surface area contributed by atoms with Crippen molar-refractivity contribution in [1.29, 1.82) is 0 Å². The van der Waals surface area contributed by atoms with Crippen molar-refractivity contribution in [2.24, 2.45) is 0 Å². The minimum atomic E-state index is -0.231. The molecule has 2 atom stereocenters. The van der Waals surface area contributed by atoms with Crippen molar-refractivity contribution < 1.29 is 14.3 Å². The lowest BCUT2D eigenvalue weighted by molar-refractivity contribution is 0.0913. The van der Waals surface area contributed by atoms with Gasteiger partial charge in [-0.3, -0.25) is 9.59 Å². The molecule has 2 aromatic carbocycles. The van der Waals surface area contributed by atoms with E-state index in [2.05, 4.69) is 10.6 Å². The van der Waals surface area contributed by atoms with Crippen LogP contribution in [0.1, 0.15) is 77.2 Å². The molecule has 0 aliphatic carbocycles. The Labute approximate surface area is 195 Å². The predicted molar refractivity (Wildman–Crippen MR) is 128 cm³/mol. The van der Waals surface area contributed by atoms with E-state index >= 15 is 0 Å². The van der Waals surface area contributed by atoms with Gasteiger partial charge in [-0.1, -0.05) is 74.5 Å². The van der Waals surface area contributed by atoms with E-state index in [1.807, 2.05) is 79.1 Å². The fraction of sp³-hybridized carbons (Fsp3) is 0.333. The summed E-state index contributed by atoms with van der Waals surface area (Å²) in [6.07, 6.45) is 2.32. The first-order valence-electron chi connectivity index (χ1n) is 11.7. The molecule has 2 heterocycles. The van der Waals surface area contributed by atoms with Gasteiger partial charge in [0, 0.05) is 6.54 Å². The number of carbonyl (C=O) groups excluding carboxylic acids is 2. The third-order valence-electron chi connectivity index (χ3n) is 6.12. The van der Waals surface area contributed by atoms with E-state index in [1.54, 1.807) is 6.07 Å². The van der Waals surface area contributed by atoms with Gasteiger partial charge in [0.2, 0.25) is 5.88 Å². The zero-order valence-electron chi connectivity index (χ0n) is 19.2. The van der Waals surface area contributed by atoms with Crippen molar-refractivity contribution in [3.63, 3.8) is 0 Å². The van der Waals surface area contributed by atoms with Crippen molar-refractivity contribution >= 4 is 11.8 Å². The molecule has 1 aliphatic heterocycles. The number of hydrogen-bond donors (Lipinski definition) is 2. The van der Waals surface area contributed by atoms with Gasteiger partial charge in [0.25, 0.3) is 11.8 Å². The molecule has 0 saturated heterocycles. The Morgan fingerprint density at radius 2 is 1.42 bits per heavy atom. The van der Waals surface area contributed by atoms with Crippen molar-refractivity contribution in [2.75, 3.05) is 6.61 Å². The van der Waals surface area contributed by atoms with E-state index < -0.39 is 0 Å². The normalized spacial score (nSPS) is 14.5. The number of nitrogens with one attached hydrogen (secondary N) is 2. The van der Waals surface area contributed by atoms with Crippen LogP contribution in [-0.2, 0) is 6.54 Å². The monoisotopic (exact) mass is 445 g/mol. The number of carbonyl (C=O) groups is 2. The lowest BCUT2D eigenvalue weighted by atomic mass is 10.0. The van der Waals surface area contributed by atoms with Crippen molar-refractivity contribution in [1.82, 2.24) is 15.2 Å². The van der Waals surface area contributed by atoms with Crippen LogP contribution in [-0.4, -0.2) is 23.0 Å². The second-order valence-electron chi connectivity index (χ2n) is 8.29. The molecule has 1 aromatic heterocycles. The number of nitrogens with zero attached hydrogens (tertiary/aromatic N) is 1.